The Morgan fingerprint density at radius 1 is 1.21 bits per heavy atom. The van der Waals surface area contributed by atoms with Crippen molar-refractivity contribution in [1.29, 1.82) is 0 Å². The molecule has 2 atom stereocenters. The van der Waals surface area contributed by atoms with Crippen LogP contribution in [0.1, 0.15) is 35.6 Å². The Hall–Kier alpha value is -3.23. The van der Waals surface area contributed by atoms with Crippen LogP contribution in [0.3, 0.4) is 0 Å². The predicted octanol–water partition coefficient (Wildman–Crippen LogP) is 3.97. The second-order valence-electron chi connectivity index (χ2n) is 8.35. The van der Waals surface area contributed by atoms with Gasteiger partial charge >= 0.3 is 0 Å². The molecule has 2 aromatic rings. The molecule has 2 N–H and O–H groups in total. The lowest BCUT2D eigenvalue weighted by Gasteiger charge is -2.28. The zero-order chi connectivity index (χ0) is 24.6. The number of halogens is 1. The molecule has 8 nitrogen and oxygen atoms in total. The quantitative estimate of drug-likeness (QED) is 0.361. The summed E-state index contributed by atoms with van der Waals surface area (Å²) in [5.41, 5.74) is 1.26. The number of phenols is 1. The molecule has 2 aromatic carbocycles. The fourth-order valence-electron chi connectivity index (χ4n) is 4.56. The highest BCUT2D eigenvalue weighted by Gasteiger charge is 2.47. The molecular formula is C25H26ClNO7. The van der Waals surface area contributed by atoms with E-state index in [2.05, 4.69) is 0 Å². The first kappa shape index (κ1) is 23.9. The van der Waals surface area contributed by atoms with Gasteiger partial charge in [-0.05, 0) is 55.2 Å². The topological polar surface area (TPSA) is 106 Å². The summed E-state index contributed by atoms with van der Waals surface area (Å²) in [5, 5.41) is 22.0. The number of aliphatic hydroxyl groups excluding tert-OH is 1. The summed E-state index contributed by atoms with van der Waals surface area (Å²) in [5.74, 6) is -1.72. The van der Waals surface area contributed by atoms with Crippen LogP contribution in [-0.4, -0.2) is 60.3 Å². The molecule has 180 valence electrons. The molecule has 0 bridgehead atoms. The molecule has 34 heavy (non-hydrogen) atoms. The number of amides is 1. The SMILES string of the molecule is COc1ccc(C2/C(=C(\O)c3cc(C)cc(Cl)c3OC)C(=O)C(=O)N2CC2CCCO2)cc1O. The second kappa shape index (κ2) is 9.56. The lowest BCUT2D eigenvalue weighted by Crippen LogP contribution is -2.36. The van der Waals surface area contributed by atoms with Crippen molar-refractivity contribution in [3.05, 3.63) is 57.6 Å². The van der Waals surface area contributed by atoms with E-state index < -0.39 is 23.5 Å². The number of carbonyl (C=O) groups is 2. The van der Waals surface area contributed by atoms with E-state index in [1.54, 1.807) is 31.2 Å². The number of nitrogens with zero attached hydrogens (tertiary/aromatic N) is 1. The van der Waals surface area contributed by atoms with E-state index >= 15 is 0 Å². The maximum Gasteiger partial charge on any atom is 0.295 e. The summed E-state index contributed by atoms with van der Waals surface area (Å²) in [6, 6.07) is 6.96. The molecule has 2 saturated heterocycles. The number of ketones is 1. The zero-order valence-corrected chi connectivity index (χ0v) is 19.9. The summed E-state index contributed by atoms with van der Waals surface area (Å²) in [6.07, 6.45) is 1.39. The molecule has 0 radical (unpaired) electrons. The van der Waals surface area contributed by atoms with Crippen molar-refractivity contribution in [1.82, 2.24) is 4.90 Å². The Morgan fingerprint density at radius 3 is 2.59 bits per heavy atom. The molecule has 2 unspecified atom stereocenters. The predicted molar refractivity (Wildman–Crippen MR) is 125 cm³/mol. The first-order valence-corrected chi connectivity index (χ1v) is 11.3. The molecule has 2 aliphatic heterocycles. The van der Waals surface area contributed by atoms with E-state index in [-0.39, 0.29) is 46.1 Å². The summed E-state index contributed by atoms with van der Waals surface area (Å²) < 4.78 is 16.2. The third-order valence-corrected chi connectivity index (χ3v) is 6.41. The Bertz CT molecular complexity index is 1170. The number of hydrogen-bond acceptors (Lipinski definition) is 7. The number of carbonyl (C=O) groups excluding carboxylic acids is 2. The van der Waals surface area contributed by atoms with Crippen molar-refractivity contribution >= 4 is 29.1 Å². The summed E-state index contributed by atoms with van der Waals surface area (Å²) >= 11 is 6.32. The van der Waals surface area contributed by atoms with Gasteiger partial charge in [0.15, 0.2) is 11.5 Å². The number of Topliss-reactive ketones (excluding diaryl/α,β-unsaturated/α-hetero) is 1. The van der Waals surface area contributed by atoms with Gasteiger partial charge in [-0.1, -0.05) is 17.7 Å². The first-order chi connectivity index (χ1) is 16.3. The molecule has 2 fully saturated rings. The van der Waals surface area contributed by atoms with Crippen molar-refractivity contribution in [3.8, 4) is 17.2 Å². The first-order valence-electron chi connectivity index (χ1n) is 10.9. The average Bonchev–Trinajstić information content (AvgIpc) is 3.40. The Balaban J connectivity index is 1.91. The van der Waals surface area contributed by atoms with Crippen molar-refractivity contribution in [2.75, 3.05) is 27.4 Å². The molecule has 1 amide bonds. The van der Waals surface area contributed by atoms with Gasteiger partial charge < -0.3 is 29.3 Å². The van der Waals surface area contributed by atoms with Crippen LogP contribution in [0.2, 0.25) is 5.02 Å². The highest BCUT2D eigenvalue weighted by atomic mass is 35.5. The largest absolute Gasteiger partial charge is 0.507 e. The number of benzene rings is 2. The van der Waals surface area contributed by atoms with E-state index in [1.807, 2.05) is 0 Å². The van der Waals surface area contributed by atoms with Gasteiger partial charge in [-0.25, -0.2) is 0 Å². The van der Waals surface area contributed by atoms with Gasteiger partial charge in [0.1, 0.15) is 11.5 Å². The number of ether oxygens (including phenoxy) is 3. The van der Waals surface area contributed by atoms with E-state index in [0.717, 1.165) is 18.4 Å². The maximum absolute atomic E-state index is 13.3. The Labute approximate surface area is 202 Å². The van der Waals surface area contributed by atoms with Gasteiger partial charge in [0.2, 0.25) is 0 Å². The van der Waals surface area contributed by atoms with Gasteiger partial charge in [0, 0.05) is 13.2 Å². The van der Waals surface area contributed by atoms with Gasteiger partial charge in [-0.3, -0.25) is 9.59 Å². The van der Waals surface area contributed by atoms with Crippen LogP contribution in [0.5, 0.6) is 17.2 Å². The van der Waals surface area contributed by atoms with Crippen LogP contribution in [0.25, 0.3) is 5.76 Å². The van der Waals surface area contributed by atoms with Crippen LogP contribution in [-0.2, 0) is 14.3 Å². The number of likely N-dealkylation sites (tertiary alicyclic amines) is 1. The molecule has 9 heteroatoms. The van der Waals surface area contributed by atoms with Crippen LogP contribution in [0.4, 0.5) is 0 Å². The van der Waals surface area contributed by atoms with Gasteiger partial charge in [0.25, 0.3) is 11.7 Å². The van der Waals surface area contributed by atoms with Crippen molar-refractivity contribution in [2.45, 2.75) is 31.9 Å². The standard InChI is InChI=1S/C25H26ClNO7/c1-13-9-16(24(33-3)17(26)10-13)22(29)20-21(14-6-7-19(32-2)18(28)11-14)27(25(31)23(20)30)12-15-5-4-8-34-15/h6-7,9-11,15,21,28-29H,4-5,8,12H2,1-3H3/b22-20+. The fourth-order valence-corrected chi connectivity index (χ4v) is 4.91. The third kappa shape index (κ3) is 4.19. The molecule has 2 aliphatic rings. The van der Waals surface area contributed by atoms with Gasteiger partial charge in [0.05, 0.1) is 42.5 Å². The monoisotopic (exact) mass is 487 g/mol. The zero-order valence-electron chi connectivity index (χ0n) is 19.1. The maximum atomic E-state index is 13.3. The molecule has 2 heterocycles. The molecule has 0 aromatic heterocycles. The average molecular weight is 488 g/mol. The minimum Gasteiger partial charge on any atom is -0.507 e. The number of aryl methyl sites for hydroxylation is 1. The highest BCUT2D eigenvalue weighted by Crippen LogP contribution is 2.44. The Kier molecular flexibility index (Phi) is 6.72. The van der Waals surface area contributed by atoms with Crippen molar-refractivity contribution < 1.29 is 34.0 Å². The van der Waals surface area contributed by atoms with E-state index in [4.69, 9.17) is 25.8 Å². The van der Waals surface area contributed by atoms with Crippen LogP contribution >= 0.6 is 11.6 Å². The molecular weight excluding hydrogens is 462 g/mol. The Morgan fingerprint density at radius 2 is 1.97 bits per heavy atom. The molecule has 0 aliphatic carbocycles. The van der Waals surface area contributed by atoms with Crippen LogP contribution in [0.15, 0.2) is 35.9 Å². The summed E-state index contributed by atoms with van der Waals surface area (Å²) in [7, 11) is 2.83. The van der Waals surface area contributed by atoms with E-state index in [9.17, 15) is 19.8 Å². The van der Waals surface area contributed by atoms with Gasteiger partial charge in [-0.15, -0.1) is 0 Å². The lowest BCUT2D eigenvalue weighted by molar-refractivity contribution is -0.140. The molecule has 0 spiro atoms. The third-order valence-electron chi connectivity index (χ3n) is 6.13. The molecule has 0 saturated carbocycles. The minimum atomic E-state index is -0.954. The number of methoxy groups -OCH3 is 2. The summed E-state index contributed by atoms with van der Waals surface area (Å²) in [6.45, 7) is 2.54. The molecule has 4 rings (SSSR count). The van der Waals surface area contributed by atoms with Crippen LogP contribution < -0.4 is 9.47 Å². The van der Waals surface area contributed by atoms with E-state index in [1.165, 1.54) is 25.2 Å². The van der Waals surface area contributed by atoms with Gasteiger partial charge in [-0.2, -0.15) is 0 Å². The normalized spacial score (nSPS) is 21.8. The van der Waals surface area contributed by atoms with Crippen molar-refractivity contribution in [3.63, 3.8) is 0 Å². The second-order valence-corrected chi connectivity index (χ2v) is 8.75. The van der Waals surface area contributed by atoms with Crippen LogP contribution in [0, 0.1) is 6.92 Å². The number of hydrogen-bond donors (Lipinski definition) is 2. The fraction of sp³-hybridized carbons (Fsp3) is 0.360. The smallest absolute Gasteiger partial charge is 0.295 e. The minimum absolute atomic E-state index is 0.118. The number of aromatic hydroxyl groups is 1. The number of phenolic OH excluding ortho intramolecular Hbond substituents is 1. The number of rotatable bonds is 6. The lowest BCUT2D eigenvalue weighted by atomic mass is 9.94. The van der Waals surface area contributed by atoms with E-state index in [0.29, 0.717) is 12.2 Å². The van der Waals surface area contributed by atoms with Crippen molar-refractivity contribution in [2.24, 2.45) is 0 Å². The number of aliphatic hydroxyl groups is 1. The highest BCUT2D eigenvalue weighted by molar-refractivity contribution is 6.46. The summed E-state index contributed by atoms with van der Waals surface area (Å²) in [4.78, 5) is 27.8.